The molecule has 2 aromatic rings. The maximum atomic E-state index is 14.0. The Morgan fingerprint density at radius 3 is 2.67 bits per heavy atom. The molecule has 21 heavy (non-hydrogen) atoms. The lowest BCUT2D eigenvalue weighted by atomic mass is 10.1. The van der Waals surface area contributed by atoms with Crippen LogP contribution in [0, 0.1) is 17.1 Å². The van der Waals surface area contributed by atoms with E-state index in [2.05, 4.69) is 0 Å². The normalized spacial score (nSPS) is 11.1. The Labute approximate surface area is 126 Å². The highest BCUT2D eigenvalue weighted by Crippen LogP contribution is 2.27. The Balaban J connectivity index is 2.48. The quantitative estimate of drug-likeness (QED) is 0.880. The number of nitrogens with two attached hydrogens (primary N) is 1. The van der Waals surface area contributed by atoms with Crippen molar-refractivity contribution < 1.29 is 12.8 Å². The molecule has 0 unspecified atom stereocenters. The SMILES string of the molecule is N#Cc1cccc(CS(=O)(=O)c2cc(N)ccc2Cl)c1F. The van der Waals surface area contributed by atoms with Gasteiger partial charge in [0.05, 0.1) is 21.2 Å². The van der Waals surface area contributed by atoms with Crippen LogP contribution in [0.2, 0.25) is 5.02 Å². The molecule has 0 heterocycles. The topological polar surface area (TPSA) is 84.0 Å². The van der Waals surface area contributed by atoms with Crippen molar-refractivity contribution >= 4 is 27.1 Å². The molecule has 0 aliphatic carbocycles. The smallest absolute Gasteiger partial charge is 0.184 e. The standard InChI is InChI=1S/C14H10ClFN2O2S/c15-12-5-4-11(18)6-13(12)21(19,20)8-10-3-1-2-9(7-17)14(10)16/h1-6H,8,18H2. The molecule has 0 saturated carbocycles. The van der Waals surface area contributed by atoms with Gasteiger partial charge in [0.2, 0.25) is 0 Å². The first kappa shape index (κ1) is 15.3. The Morgan fingerprint density at radius 1 is 1.29 bits per heavy atom. The maximum Gasteiger partial charge on any atom is 0.184 e. The van der Waals surface area contributed by atoms with Crippen molar-refractivity contribution in [2.24, 2.45) is 0 Å². The van der Waals surface area contributed by atoms with E-state index in [1.807, 2.05) is 0 Å². The lowest BCUT2D eigenvalue weighted by Gasteiger charge is -2.09. The van der Waals surface area contributed by atoms with Crippen molar-refractivity contribution in [3.63, 3.8) is 0 Å². The first-order valence-corrected chi connectivity index (χ1v) is 7.83. The van der Waals surface area contributed by atoms with Crippen molar-refractivity contribution in [2.45, 2.75) is 10.6 Å². The van der Waals surface area contributed by atoms with E-state index >= 15 is 0 Å². The molecular formula is C14H10ClFN2O2S. The van der Waals surface area contributed by atoms with Crippen LogP contribution < -0.4 is 5.73 Å². The largest absolute Gasteiger partial charge is 0.399 e. The third-order valence-electron chi connectivity index (χ3n) is 2.83. The molecule has 0 spiro atoms. The van der Waals surface area contributed by atoms with Gasteiger partial charge in [-0.2, -0.15) is 5.26 Å². The van der Waals surface area contributed by atoms with Gasteiger partial charge in [-0.3, -0.25) is 0 Å². The molecule has 7 heteroatoms. The van der Waals surface area contributed by atoms with E-state index in [0.29, 0.717) is 0 Å². The lowest BCUT2D eigenvalue weighted by molar-refractivity contribution is 0.586. The first-order valence-electron chi connectivity index (χ1n) is 5.80. The molecular weight excluding hydrogens is 315 g/mol. The summed E-state index contributed by atoms with van der Waals surface area (Å²) in [5.74, 6) is -1.44. The van der Waals surface area contributed by atoms with Gasteiger partial charge in [-0.1, -0.05) is 23.7 Å². The Kier molecular flexibility index (Phi) is 4.16. The minimum atomic E-state index is -3.88. The molecule has 0 aromatic heterocycles. The average Bonchev–Trinajstić information content (AvgIpc) is 2.43. The molecule has 4 nitrogen and oxygen atoms in total. The maximum absolute atomic E-state index is 14.0. The number of nitrogen functional groups attached to an aromatic ring is 1. The van der Waals surface area contributed by atoms with E-state index in [0.717, 1.165) is 0 Å². The molecule has 0 amide bonds. The van der Waals surface area contributed by atoms with Crippen molar-refractivity contribution in [1.29, 1.82) is 5.26 Å². The summed E-state index contributed by atoms with van der Waals surface area (Å²) in [6, 6.07) is 9.74. The number of nitrogens with zero attached hydrogens (tertiary/aromatic N) is 1. The van der Waals surface area contributed by atoms with Gasteiger partial charge >= 0.3 is 0 Å². The molecule has 0 fully saturated rings. The van der Waals surface area contributed by atoms with Crippen LogP contribution in [0.5, 0.6) is 0 Å². The van der Waals surface area contributed by atoms with Crippen LogP contribution >= 0.6 is 11.6 Å². The summed E-state index contributed by atoms with van der Waals surface area (Å²) in [4.78, 5) is -0.161. The fraction of sp³-hybridized carbons (Fsp3) is 0.0714. The predicted molar refractivity (Wildman–Crippen MR) is 77.9 cm³/mol. The van der Waals surface area contributed by atoms with E-state index in [9.17, 15) is 12.8 Å². The van der Waals surface area contributed by atoms with Crippen LogP contribution in [-0.4, -0.2) is 8.42 Å². The Morgan fingerprint density at radius 2 is 2.00 bits per heavy atom. The molecule has 0 atom stereocenters. The number of benzene rings is 2. The number of rotatable bonds is 3. The third kappa shape index (κ3) is 3.15. The molecule has 2 rings (SSSR count). The van der Waals surface area contributed by atoms with Crippen LogP contribution in [0.25, 0.3) is 0 Å². The number of anilines is 1. The van der Waals surface area contributed by atoms with Gasteiger partial charge in [-0.25, -0.2) is 12.8 Å². The molecule has 2 N–H and O–H groups in total. The van der Waals surface area contributed by atoms with E-state index in [-0.39, 0.29) is 26.7 Å². The van der Waals surface area contributed by atoms with Gasteiger partial charge in [0.25, 0.3) is 0 Å². The van der Waals surface area contributed by atoms with Crippen molar-refractivity contribution in [2.75, 3.05) is 5.73 Å². The van der Waals surface area contributed by atoms with Crippen LogP contribution in [-0.2, 0) is 15.6 Å². The molecule has 2 aromatic carbocycles. The highest BCUT2D eigenvalue weighted by molar-refractivity contribution is 7.90. The summed E-state index contributed by atoms with van der Waals surface area (Å²) in [6.07, 6.45) is 0. The lowest BCUT2D eigenvalue weighted by Crippen LogP contribution is -2.08. The molecule has 0 aliphatic rings. The van der Waals surface area contributed by atoms with Crippen molar-refractivity contribution in [1.82, 2.24) is 0 Å². The fourth-order valence-corrected chi connectivity index (χ4v) is 3.76. The zero-order valence-electron chi connectivity index (χ0n) is 10.7. The van der Waals surface area contributed by atoms with Crippen molar-refractivity contribution in [3.05, 3.63) is 58.4 Å². The Bertz CT molecular complexity index is 845. The summed E-state index contributed by atoms with van der Waals surface area (Å²) in [5, 5.41) is 8.78. The van der Waals surface area contributed by atoms with Gasteiger partial charge in [-0.15, -0.1) is 0 Å². The molecule has 0 radical (unpaired) electrons. The van der Waals surface area contributed by atoms with Crippen LogP contribution in [0.4, 0.5) is 10.1 Å². The number of halogens is 2. The van der Waals surface area contributed by atoms with Crippen LogP contribution in [0.3, 0.4) is 0 Å². The number of sulfone groups is 1. The molecule has 0 saturated heterocycles. The molecule has 0 bridgehead atoms. The Hall–Kier alpha value is -2.10. The van der Waals surface area contributed by atoms with Gasteiger partial charge in [0.15, 0.2) is 9.84 Å². The highest BCUT2D eigenvalue weighted by Gasteiger charge is 2.21. The fourth-order valence-electron chi connectivity index (χ4n) is 1.82. The second-order valence-electron chi connectivity index (χ2n) is 4.34. The van der Waals surface area contributed by atoms with E-state index in [1.54, 1.807) is 6.07 Å². The average molecular weight is 325 g/mol. The third-order valence-corrected chi connectivity index (χ3v) is 4.98. The van der Waals surface area contributed by atoms with Gasteiger partial charge in [0.1, 0.15) is 11.9 Å². The second kappa shape index (κ2) is 5.72. The zero-order valence-corrected chi connectivity index (χ0v) is 12.2. The number of nitriles is 1. The number of hydrogen-bond donors (Lipinski definition) is 1. The van der Waals surface area contributed by atoms with E-state index in [1.165, 1.54) is 36.4 Å². The minimum absolute atomic E-state index is 0.0149. The summed E-state index contributed by atoms with van der Waals surface area (Å²) in [7, 11) is -3.88. The summed E-state index contributed by atoms with van der Waals surface area (Å²) in [5.41, 5.74) is 5.50. The molecule has 0 aliphatic heterocycles. The second-order valence-corrected chi connectivity index (χ2v) is 6.70. The first-order chi connectivity index (χ1) is 9.85. The minimum Gasteiger partial charge on any atom is -0.399 e. The highest BCUT2D eigenvalue weighted by atomic mass is 35.5. The van der Waals surface area contributed by atoms with Gasteiger partial charge in [-0.05, 0) is 24.3 Å². The van der Waals surface area contributed by atoms with Crippen LogP contribution in [0.1, 0.15) is 11.1 Å². The van der Waals surface area contributed by atoms with Crippen LogP contribution in [0.15, 0.2) is 41.3 Å². The summed E-state index contributed by atoms with van der Waals surface area (Å²) < 4.78 is 38.6. The zero-order chi connectivity index (χ0) is 15.6. The van der Waals surface area contributed by atoms with E-state index < -0.39 is 21.4 Å². The monoisotopic (exact) mass is 324 g/mol. The van der Waals surface area contributed by atoms with E-state index in [4.69, 9.17) is 22.6 Å². The van der Waals surface area contributed by atoms with Gasteiger partial charge < -0.3 is 5.73 Å². The summed E-state index contributed by atoms with van der Waals surface area (Å²) in [6.45, 7) is 0. The summed E-state index contributed by atoms with van der Waals surface area (Å²) >= 11 is 5.86. The predicted octanol–water partition coefficient (Wildman–Crippen LogP) is 2.91. The van der Waals surface area contributed by atoms with Crippen molar-refractivity contribution in [3.8, 4) is 6.07 Å². The number of hydrogen-bond acceptors (Lipinski definition) is 4. The molecule has 108 valence electrons. The van der Waals surface area contributed by atoms with Gasteiger partial charge in [0, 0.05) is 11.3 Å².